The normalized spacial score (nSPS) is 10.2. The standard InChI is InChI=1S/C10H18N4O/c1-5-11-9-8(15-4)10(13-6-12-9)14-7(2)3/h6-7H,5H2,1-4H3,(H2,11,12,13,14). The fourth-order valence-corrected chi connectivity index (χ4v) is 1.24. The SMILES string of the molecule is CCNc1ncnc(NC(C)C)c1OC. The van der Waals surface area contributed by atoms with Gasteiger partial charge >= 0.3 is 0 Å². The molecule has 0 unspecified atom stereocenters. The van der Waals surface area contributed by atoms with Crippen LogP contribution in [0.25, 0.3) is 0 Å². The molecule has 0 aliphatic carbocycles. The quantitative estimate of drug-likeness (QED) is 0.775. The van der Waals surface area contributed by atoms with Gasteiger partial charge in [0.05, 0.1) is 7.11 Å². The lowest BCUT2D eigenvalue weighted by Gasteiger charge is -2.15. The summed E-state index contributed by atoms with van der Waals surface area (Å²) in [6.45, 7) is 6.91. The second kappa shape index (κ2) is 5.38. The number of methoxy groups -OCH3 is 1. The Morgan fingerprint density at radius 2 is 2.00 bits per heavy atom. The molecule has 0 atom stereocenters. The van der Waals surface area contributed by atoms with Crippen LogP contribution >= 0.6 is 0 Å². The highest BCUT2D eigenvalue weighted by atomic mass is 16.5. The van der Waals surface area contributed by atoms with Crippen molar-refractivity contribution in [2.45, 2.75) is 26.8 Å². The fraction of sp³-hybridized carbons (Fsp3) is 0.600. The van der Waals surface area contributed by atoms with Gasteiger partial charge in [0.25, 0.3) is 0 Å². The van der Waals surface area contributed by atoms with E-state index >= 15 is 0 Å². The van der Waals surface area contributed by atoms with Crippen molar-refractivity contribution < 1.29 is 4.74 Å². The van der Waals surface area contributed by atoms with Gasteiger partial charge < -0.3 is 15.4 Å². The van der Waals surface area contributed by atoms with Crippen molar-refractivity contribution in [3.05, 3.63) is 6.33 Å². The number of aromatic nitrogens is 2. The summed E-state index contributed by atoms with van der Waals surface area (Å²) in [6.07, 6.45) is 1.52. The Kier molecular flexibility index (Phi) is 4.15. The molecule has 0 amide bonds. The number of nitrogens with zero attached hydrogens (tertiary/aromatic N) is 2. The first-order chi connectivity index (χ1) is 7.19. The van der Waals surface area contributed by atoms with Crippen molar-refractivity contribution in [3.8, 4) is 5.75 Å². The van der Waals surface area contributed by atoms with Crippen LogP contribution in [0.5, 0.6) is 5.75 Å². The monoisotopic (exact) mass is 210 g/mol. The van der Waals surface area contributed by atoms with Gasteiger partial charge in [-0.1, -0.05) is 0 Å². The third-order valence-corrected chi connectivity index (χ3v) is 1.78. The summed E-state index contributed by atoms with van der Waals surface area (Å²) >= 11 is 0. The second-order valence-electron chi connectivity index (χ2n) is 3.43. The molecular formula is C10H18N4O. The first kappa shape index (κ1) is 11.6. The minimum absolute atomic E-state index is 0.309. The Balaban J connectivity index is 2.98. The Morgan fingerprint density at radius 3 is 2.53 bits per heavy atom. The summed E-state index contributed by atoms with van der Waals surface area (Å²) in [7, 11) is 1.62. The van der Waals surface area contributed by atoms with E-state index in [-0.39, 0.29) is 0 Å². The maximum absolute atomic E-state index is 5.28. The van der Waals surface area contributed by atoms with Gasteiger partial charge in [0.15, 0.2) is 11.6 Å². The van der Waals surface area contributed by atoms with E-state index in [4.69, 9.17) is 4.74 Å². The predicted octanol–water partition coefficient (Wildman–Crippen LogP) is 1.74. The molecule has 5 heteroatoms. The Morgan fingerprint density at radius 1 is 1.33 bits per heavy atom. The minimum atomic E-state index is 0.309. The summed E-state index contributed by atoms with van der Waals surface area (Å²) in [5.74, 6) is 2.10. The summed E-state index contributed by atoms with van der Waals surface area (Å²) in [5.41, 5.74) is 0. The zero-order valence-corrected chi connectivity index (χ0v) is 9.66. The molecule has 0 fully saturated rings. The van der Waals surface area contributed by atoms with E-state index in [9.17, 15) is 0 Å². The van der Waals surface area contributed by atoms with Crippen LogP contribution < -0.4 is 15.4 Å². The molecule has 0 aromatic carbocycles. The third-order valence-electron chi connectivity index (χ3n) is 1.78. The molecule has 0 saturated carbocycles. The zero-order valence-electron chi connectivity index (χ0n) is 9.66. The molecule has 0 spiro atoms. The number of hydrogen-bond donors (Lipinski definition) is 2. The van der Waals surface area contributed by atoms with E-state index in [1.165, 1.54) is 6.33 Å². The highest BCUT2D eigenvalue weighted by molar-refractivity contribution is 5.63. The lowest BCUT2D eigenvalue weighted by molar-refractivity contribution is 0.414. The molecule has 0 saturated heterocycles. The molecule has 0 radical (unpaired) electrons. The van der Waals surface area contributed by atoms with Crippen LogP contribution in [0.3, 0.4) is 0 Å². The van der Waals surface area contributed by atoms with Crippen LogP contribution in [0.15, 0.2) is 6.33 Å². The van der Waals surface area contributed by atoms with E-state index in [0.29, 0.717) is 11.8 Å². The smallest absolute Gasteiger partial charge is 0.204 e. The van der Waals surface area contributed by atoms with Gasteiger partial charge in [-0.05, 0) is 20.8 Å². The zero-order chi connectivity index (χ0) is 11.3. The first-order valence-electron chi connectivity index (χ1n) is 5.08. The van der Waals surface area contributed by atoms with Gasteiger partial charge in [-0.15, -0.1) is 0 Å². The topological polar surface area (TPSA) is 59.1 Å². The Labute approximate surface area is 90.3 Å². The predicted molar refractivity (Wildman–Crippen MR) is 61.5 cm³/mol. The van der Waals surface area contributed by atoms with E-state index in [0.717, 1.165) is 18.2 Å². The molecule has 0 bridgehead atoms. The molecule has 1 heterocycles. The van der Waals surface area contributed by atoms with Crippen molar-refractivity contribution in [2.75, 3.05) is 24.3 Å². The van der Waals surface area contributed by atoms with Gasteiger partial charge in [-0.2, -0.15) is 0 Å². The maximum atomic E-state index is 5.28. The molecule has 15 heavy (non-hydrogen) atoms. The van der Waals surface area contributed by atoms with Crippen LogP contribution in [-0.4, -0.2) is 29.7 Å². The number of hydrogen-bond acceptors (Lipinski definition) is 5. The lowest BCUT2D eigenvalue weighted by atomic mass is 10.3. The molecule has 5 nitrogen and oxygen atoms in total. The summed E-state index contributed by atoms with van der Waals surface area (Å²) in [6, 6.07) is 0.309. The van der Waals surface area contributed by atoms with Gasteiger partial charge in [0, 0.05) is 12.6 Å². The fourth-order valence-electron chi connectivity index (χ4n) is 1.24. The highest BCUT2D eigenvalue weighted by Gasteiger charge is 2.11. The van der Waals surface area contributed by atoms with Gasteiger partial charge in [-0.25, -0.2) is 9.97 Å². The Hall–Kier alpha value is -1.52. The molecule has 1 aromatic heterocycles. The molecule has 1 rings (SSSR count). The Bertz CT molecular complexity index is 314. The summed E-state index contributed by atoms with van der Waals surface area (Å²) < 4.78 is 5.28. The lowest BCUT2D eigenvalue weighted by Crippen LogP contribution is -2.13. The molecule has 84 valence electrons. The van der Waals surface area contributed by atoms with Crippen molar-refractivity contribution in [1.29, 1.82) is 0 Å². The third kappa shape index (κ3) is 2.97. The van der Waals surface area contributed by atoms with E-state index in [2.05, 4.69) is 34.4 Å². The van der Waals surface area contributed by atoms with Gasteiger partial charge in [0.2, 0.25) is 5.75 Å². The number of rotatable bonds is 5. The average Bonchev–Trinajstić information content (AvgIpc) is 2.18. The number of anilines is 2. The van der Waals surface area contributed by atoms with Crippen LogP contribution in [-0.2, 0) is 0 Å². The average molecular weight is 210 g/mol. The van der Waals surface area contributed by atoms with Crippen molar-refractivity contribution in [1.82, 2.24) is 9.97 Å². The van der Waals surface area contributed by atoms with Gasteiger partial charge in [0.1, 0.15) is 6.33 Å². The van der Waals surface area contributed by atoms with Gasteiger partial charge in [-0.3, -0.25) is 0 Å². The highest BCUT2D eigenvalue weighted by Crippen LogP contribution is 2.28. The molecule has 2 N–H and O–H groups in total. The van der Waals surface area contributed by atoms with Crippen LogP contribution in [0.4, 0.5) is 11.6 Å². The van der Waals surface area contributed by atoms with E-state index in [1.54, 1.807) is 7.11 Å². The van der Waals surface area contributed by atoms with Crippen LogP contribution in [0.1, 0.15) is 20.8 Å². The summed E-state index contributed by atoms with van der Waals surface area (Å²) in [4.78, 5) is 8.27. The maximum Gasteiger partial charge on any atom is 0.204 e. The van der Waals surface area contributed by atoms with Crippen LogP contribution in [0, 0.1) is 0 Å². The van der Waals surface area contributed by atoms with E-state index in [1.807, 2.05) is 6.92 Å². The second-order valence-corrected chi connectivity index (χ2v) is 3.43. The minimum Gasteiger partial charge on any atom is -0.490 e. The van der Waals surface area contributed by atoms with Crippen molar-refractivity contribution in [3.63, 3.8) is 0 Å². The largest absolute Gasteiger partial charge is 0.490 e. The summed E-state index contributed by atoms with van der Waals surface area (Å²) in [5, 5.41) is 6.33. The molecule has 1 aromatic rings. The molecule has 0 aliphatic heterocycles. The van der Waals surface area contributed by atoms with Crippen molar-refractivity contribution in [2.24, 2.45) is 0 Å². The first-order valence-corrected chi connectivity index (χ1v) is 5.08. The van der Waals surface area contributed by atoms with Crippen molar-refractivity contribution >= 4 is 11.6 Å². The molecule has 0 aliphatic rings. The van der Waals surface area contributed by atoms with E-state index < -0.39 is 0 Å². The van der Waals surface area contributed by atoms with Crippen LogP contribution in [0.2, 0.25) is 0 Å². The molecular weight excluding hydrogens is 192 g/mol. The number of nitrogens with one attached hydrogen (secondary N) is 2. The number of ether oxygens (including phenoxy) is 1.